The van der Waals surface area contributed by atoms with Gasteiger partial charge < -0.3 is 10.2 Å². The molecule has 2 aliphatic heterocycles. The van der Waals surface area contributed by atoms with E-state index in [1.165, 1.54) is 50.5 Å². The van der Waals surface area contributed by atoms with Gasteiger partial charge in [-0.1, -0.05) is 36.8 Å². The molecule has 2 heterocycles. The van der Waals surface area contributed by atoms with Crippen molar-refractivity contribution in [1.29, 1.82) is 0 Å². The molecule has 0 aromatic heterocycles. The van der Waals surface area contributed by atoms with Crippen LogP contribution in [0.4, 0.5) is 0 Å². The maximum Gasteiger partial charge on any atom is 0.0351 e. The van der Waals surface area contributed by atoms with Crippen molar-refractivity contribution in [2.24, 2.45) is 5.92 Å². The SMILES string of the molecule is CN1C2CCCC1CC(NC(c1ccccc1)C1CC1)C2. The molecule has 1 saturated carbocycles. The highest BCUT2D eigenvalue weighted by molar-refractivity contribution is 5.21. The van der Waals surface area contributed by atoms with Gasteiger partial charge in [0, 0.05) is 24.2 Å². The van der Waals surface area contributed by atoms with Crippen molar-refractivity contribution in [3.8, 4) is 0 Å². The van der Waals surface area contributed by atoms with Crippen LogP contribution in [-0.2, 0) is 0 Å². The van der Waals surface area contributed by atoms with Crippen LogP contribution in [0.1, 0.15) is 56.6 Å². The van der Waals surface area contributed by atoms with E-state index in [2.05, 4.69) is 47.6 Å². The Balaban J connectivity index is 1.47. The van der Waals surface area contributed by atoms with Crippen molar-refractivity contribution in [1.82, 2.24) is 10.2 Å². The van der Waals surface area contributed by atoms with E-state index in [1.54, 1.807) is 0 Å². The van der Waals surface area contributed by atoms with Gasteiger partial charge in [-0.15, -0.1) is 0 Å². The lowest BCUT2D eigenvalue weighted by atomic mass is 9.81. The zero-order valence-electron chi connectivity index (χ0n) is 13.2. The highest BCUT2D eigenvalue weighted by atomic mass is 15.2. The number of nitrogens with one attached hydrogen (secondary N) is 1. The van der Waals surface area contributed by atoms with Gasteiger partial charge >= 0.3 is 0 Å². The topological polar surface area (TPSA) is 15.3 Å². The molecule has 1 aromatic carbocycles. The summed E-state index contributed by atoms with van der Waals surface area (Å²) in [7, 11) is 2.35. The third kappa shape index (κ3) is 2.89. The third-order valence-electron chi connectivity index (χ3n) is 6.01. The molecule has 2 bridgehead atoms. The molecule has 3 aliphatic rings. The van der Waals surface area contributed by atoms with E-state index in [0.29, 0.717) is 6.04 Å². The summed E-state index contributed by atoms with van der Waals surface area (Å²) in [5, 5.41) is 4.06. The van der Waals surface area contributed by atoms with E-state index < -0.39 is 0 Å². The molecule has 3 unspecified atom stereocenters. The zero-order valence-corrected chi connectivity index (χ0v) is 13.2. The van der Waals surface area contributed by atoms with Gasteiger partial charge in [0.15, 0.2) is 0 Å². The number of piperidine rings is 2. The summed E-state index contributed by atoms with van der Waals surface area (Å²) < 4.78 is 0. The zero-order chi connectivity index (χ0) is 14.2. The summed E-state index contributed by atoms with van der Waals surface area (Å²) in [6.45, 7) is 0. The molecule has 0 amide bonds. The Labute approximate surface area is 128 Å². The van der Waals surface area contributed by atoms with Gasteiger partial charge in [0.05, 0.1) is 0 Å². The van der Waals surface area contributed by atoms with Crippen LogP contribution >= 0.6 is 0 Å². The maximum absolute atomic E-state index is 4.06. The van der Waals surface area contributed by atoms with Crippen LogP contribution in [-0.4, -0.2) is 30.1 Å². The lowest BCUT2D eigenvalue weighted by Gasteiger charge is -2.48. The fourth-order valence-electron chi connectivity index (χ4n) is 4.60. The highest BCUT2D eigenvalue weighted by Crippen LogP contribution is 2.42. The Morgan fingerprint density at radius 2 is 1.67 bits per heavy atom. The number of hydrogen-bond acceptors (Lipinski definition) is 2. The van der Waals surface area contributed by atoms with E-state index in [-0.39, 0.29) is 0 Å². The minimum absolute atomic E-state index is 0.598. The summed E-state index contributed by atoms with van der Waals surface area (Å²) in [6, 6.07) is 14.1. The predicted octanol–water partition coefficient (Wildman–Crippen LogP) is 3.74. The first kappa shape index (κ1) is 13.8. The van der Waals surface area contributed by atoms with Crippen molar-refractivity contribution in [3.63, 3.8) is 0 Å². The molecule has 0 radical (unpaired) electrons. The quantitative estimate of drug-likeness (QED) is 0.906. The summed E-state index contributed by atoms with van der Waals surface area (Å²) in [4.78, 5) is 2.66. The molecular formula is C19H28N2. The van der Waals surface area contributed by atoms with E-state index in [4.69, 9.17) is 0 Å². The third-order valence-corrected chi connectivity index (χ3v) is 6.01. The molecule has 114 valence electrons. The van der Waals surface area contributed by atoms with Crippen LogP contribution in [0.5, 0.6) is 0 Å². The van der Waals surface area contributed by atoms with E-state index in [0.717, 1.165) is 24.0 Å². The molecule has 1 aromatic rings. The lowest BCUT2D eigenvalue weighted by molar-refractivity contribution is 0.0449. The van der Waals surface area contributed by atoms with Gasteiger partial charge in [-0.25, -0.2) is 0 Å². The summed E-state index contributed by atoms with van der Waals surface area (Å²) in [5.41, 5.74) is 1.50. The molecule has 21 heavy (non-hydrogen) atoms. The number of benzene rings is 1. The number of fused-ring (bicyclic) bond motifs is 2. The maximum atomic E-state index is 4.06. The Hall–Kier alpha value is -0.860. The lowest BCUT2D eigenvalue weighted by Crippen LogP contribution is -2.55. The predicted molar refractivity (Wildman–Crippen MR) is 87.3 cm³/mol. The Morgan fingerprint density at radius 3 is 2.29 bits per heavy atom. The van der Waals surface area contributed by atoms with Crippen molar-refractivity contribution in [2.75, 3.05) is 7.05 Å². The summed E-state index contributed by atoms with van der Waals surface area (Å²) in [5.74, 6) is 0.881. The number of rotatable bonds is 4. The molecule has 0 spiro atoms. The Kier molecular flexibility index (Phi) is 3.76. The van der Waals surface area contributed by atoms with Crippen molar-refractivity contribution in [3.05, 3.63) is 35.9 Å². The van der Waals surface area contributed by atoms with Crippen molar-refractivity contribution in [2.45, 2.75) is 69.1 Å². The second kappa shape index (κ2) is 5.73. The molecule has 2 nitrogen and oxygen atoms in total. The van der Waals surface area contributed by atoms with Crippen LogP contribution in [0.3, 0.4) is 0 Å². The summed E-state index contributed by atoms with van der Waals surface area (Å²) in [6.07, 6.45) is 9.77. The van der Waals surface area contributed by atoms with Crippen molar-refractivity contribution >= 4 is 0 Å². The van der Waals surface area contributed by atoms with Crippen LogP contribution in [0, 0.1) is 5.92 Å². The molecular weight excluding hydrogens is 256 g/mol. The number of hydrogen-bond donors (Lipinski definition) is 1. The van der Waals surface area contributed by atoms with Gasteiger partial charge in [-0.05, 0) is 57.1 Å². The highest BCUT2D eigenvalue weighted by Gasteiger charge is 2.39. The first-order valence-electron chi connectivity index (χ1n) is 8.84. The first-order valence-corrected chi connectivity index (χ1v) is 8.84. The van der Waals surface area contributed by atoms with Gasteiger partial charge in [-0.2, -0.15) is 0 Å². The standard InChI is InChI=1S/C19H28N2/c1-21-17-8-5-9-18(21)13-16(12-17)20-19(15-10-11-15)14-6-3-2-4-7-14/h2-4,6-7,15-20H,5,8-13H2,1H3. The van der Waals surface area contributed by atoms with Crippen LogP contribution in [0.25, 0.3) is 0 Å². The minimum Gasteiger partial charge on any atom is -0.307 e. The minimum atomic E-state index is 0.598. The number of nitrogens with zero attached hydrogens (tertiary/aromatic N) is 1. The average Bonchev–Trinajstić information content (AvgIpc) is 3.31. The normalized spacial score (nSPS) is 34.6. The van der Waals surface area contributed by atoms with Crippen molar-refractivity contribution < 1.29 is 0 Å². The molecule has 1 N–H and O–H groups in total. The molecule has 3 fully saturated rings. The monoisotopic (exact) mass is 284 g/mol. The molecule has 4 rings (SSSR count). The second-order valence-electron chi connectivity index (χ2n) is 7.46. The molecule has 3 atom stereocenters. The van der Waals surface area contributed by atoms with E-state index in [1.807, 2.05) is 0 Å². The van der Waals surface area contributed by atoms with Gasteiger partial charge in [-0.3, -0.25) is 0 Å². The van der Waals surface area contributed by atoms with Gasteiger partial charge in [0.1, 0.15) is 0 Å². The second-order valence-corrected chi connectivity index (χ2v) is 7.46. The van der Waals surface area contributed by atoms with E-state index >= 15 is 0 Å². The molecule has 2 heteroatoms. The Bertz CT molecular complexity index is 454. The van der Waals surface area contributed by atoms with Gasteiger partial charge in [0.2, 0.25) is 0 Å². The van der Waals surface area contributed by atoms with Crippen LogP contribution in [0.2, 0.25) is 0 Å². The van der Waals surface area contributed by atoms with E-state index in [9.17, 15) is 0 Å². The fourth-order valence-corrected chi connectivity index (χ4v) is 4.60. The smallest absolute Gasteiger partial charge is 0.0351 e. The molecule has 2 saturated heterocycles. The Morgan fingerprint density at radius 1 is 1.00 bits per heavy atom. The fraction of sp³-hybridized carbons (Fsp3) is 0.684. The van der Waals surface area contributed by atoms with Gasteiger partial charge in [0.25, 0.3) is 0 Å². The first-order chi connectivity index (χ1) is 10.3. The largest absolute Gasteiger partial charge is 0.307 e. The van der Waals surface area contributed by atoms with Crippen LogP contribution in [0.15, 0.2) is 30.3 Å². The average molecular weight is 284 g/mol. The summed E-state index contributed by atoms with van der Waals surface area (Å²) >= 11 is 0. The molecule has 1 aliphatic carbocycles. The van der Waals surface area contributed by atoms with Crippen LogP contribution < -0.4 is 5.32 Å².